The number of amides is 1. The number of nitrogens with zero attached hydrogens (tertiary/aromatic N) is 1. The largest absolute Gasteiger partial charge is 0.464 e. The van der Waals surface area contributed by atoms with Crippen LogP contribution in [0.1, 0.15) is 82.4 Å². The second-order valence-corrected chi connectivity index (χ2v) is 8.01. The third kappa shape index (κ3) is 8.56. The van der Waals surface area contributed by atoms with Crippen molar-refractivity contribution in [2.45, 2.75) is 77.8 Å². The van der Waals surface area contributed by atoms with Crippen LogP contribution in [0.2, 0.25) is 0 Å². The van der Waals surface area contributed by atoms with Gasteiger partial charge in [-0.2, -0.15) is 0 Å². The minimum absolute atomic E-state index is 0.00152. The molecule has 0 saturated heterocycles. The first kappa shape index (κ1) is 24.6. The number of benzene rings is 2. The van der Waals surface area contributed by atoms with Crippen LogP contribution in [0.4, 0.5) is 0 Å². The van der Waals surface area contributed by atoms with Crippen LogP contribution in [-0.2, 0) is 20.9 Å². The molecule has 0 saturated carbocycles. The monoisotopic (exact) mass is 423 g/mol. The van der Waals surface area contributed by atoms with Crippen molar-refractivity contribution in [3.63, 3.8) is 0 Å². The van der Waals surface area contributed by atoms with E-state index in [1.54, 1.807) is 4.90 Å². The lowest BCUT2D eigenvalue weighted by Crippen LogP contribution is -2.39. The Bertz CT molecular complexity index is 761. The topological polar surface area (TPSA) is 46.6 Å². The van der Waals surface area contributed by atoms with Gasteiger partial charge in [0.25, 0.3) is 0 Å². The van der Waals surface area contributed by atoms with Crippen LogP contribution in [-0.4, -0.2) is 23.4 Å². The lowest BCUT2D eigenvalue weighted by Gasteiger charge is -2.31. The predicted molar refractivity (Wildman–Crippen MR) is 125 cm³/mol. The van der Waals surface area contributed by atoms with E-state index < -0.39 is 6.04 Å². The van der Waals surface area contributed by atoms with Crippen LogP contribution in [0, 0.1) is 0 Å². The maximum Gasteiger partial charge on any atom is 0.333 e. The molecule has 0 aliphatic carbocycles. The van der Waals surface area contributed by atoms with Gasteiger partial charge < -0.3 is 9.64 Å². The molecular weight excluding hydrogens is 386 g/mol. The molecule has 0 aromatic heterocycles. The van der Waals surface area contributed by atoms with Crippen LogP contribution in [0.3, 0.4) is 0 Å². The van der Waals surface area contributed by atoms with Crippen molar-refractivity contribution in [3.8, 4) is 0 Å². The average Bonchev–Trinajstić information content (AvgIpc) is 2.80. The number of unbranched alkanes of at least 4 members (excludes halogenated alkanes) is 5. The van der Waals surface area contributed by atoms with Crippen molar-refractivity contribution in [2.75, 3.05) is 6.61 Å². The van der Waals surface area contributed by atoms with Gasteiger partial charge in [0.05, 0.1) is 6.61 Å². The number of rotatable bonds is 14. The van der Waals surface area contributed by atoms with Gasteiger partial charge in [0.15, 0.2) is 6.04 Å². The van der Waals surface area contributed by atoms with Crippen molar-refractivity contribution in [3.05, 3.63) is 71.8 Å². The molecule has 0 fully saturated rings. The molecule has 1 amide bonds. The zero-order chi connectivity index (χ0) is 22.3. The molecule has 0 bridgehead atoms. The first-order valence-electron chi connectivity index (χ1n) is 11.7. The van der Waals surface area contributed by atoms with Crippen molar-refractivity contribution in [1.82, 2.24) is 4.90 Å². The highest BCUT2D eigenvalue weighted by Crippen LogP contribution is 2.26. The molecule has 2 rings (SSSR count). The SMILES string of the molecule is CCCCCCCC(=O)N(Cc1ccccc1)C(C(=O)OCCCC)c1ccccc1. The normalized spacial score (nSPS) is 11.7. The summed E-state index contributed by atoms with van der Waals surface area (Å²) in [5.74, 6) is -0.350. The fourth-order valence-electron chi connectivity index (χ4n) is 3.60. The van der Waals surface area contributed by atoms with E-state index in [1.165, 1.54) is 12.8 Å². The molecular formula is C27H37NO3. The molecule has 4 heteroatoms. The highest BCUT2D eigenvalue weighted by atomic mass is 16.5. The molecule has 0 heterocycles. The first-order chi connectivity index (χ1) is 15.2. The Morgan fingerprint density at radius 2 is 1.42 bits per heavy atom. The summed E-state index contributed by atoms with van der Waals surface area (Å²) in [5, 5.41) is 0. The first-order valence-corrected chi connectivity index (χ1v) is 11.7. The quantitative estimate of drug-likeness (QED) is 0.259. The van der Waals surface area contributed by atoms with E-state index >= 15 is 0 Å². The third-order valence-corrected chi connectivity index (χ3v) is 5.40. The summed E-state index contributed by atoms with van der Waals surface area (Å²) in [7, 11) is 0. The smallest absolute Gasteiger partial charge is 0.333 e. The van der Waals surface area contributed by atoms with Gasteiger partial charge in [-0.05, 0) is 24.0 Å². The van der Waals surface area contributed by atoms with Gasteiger partial charge >= 0.3 is 5.97 Å². The Morgan fingerprint density at radius 3 is 2.06 bits per heavy atom. The average molecular weight is 424 g/mol. The van der Waals surface area contributed by atoms with Gasteiger partial charge in [-0.15, -0.1) is 0 Å². The molecule has 2 aromatic carbocycles. The summed E-state index contributed by atoms with van der Waals surface area (Å²) in [6, 6.07) is 18.6. The lowest BCUT2D eigenvalue weighted by atomic mass is 10.0. The fraction of sp³-hybridized carbons (Fsp3) is 0.481. The molecule has 0 aliphatic rings. The van der Waals surface area contributed by atoms with Crippen LogP contribution >= 0.6 is 0 Å². The van der Waals surface area contributed by atoms with Gasteiger partial charge in [0, 0.05) is 13.0 Å². The van der Waals surface area contributed by atoms with Crippen LogP contribution in [0.5, 0.6) is 0 Å². The minimum Gasteiger partial charge on any atom is -0.464 e. The molecule has 0 spiro atoms. The molecule has 31 heavy (non-hydrogen) atoms. The summed E-state index contributed by atoms with van der Waals surface area (Å²) in [6.45, 7) is 5.01. The zero-order valence-corrected chi connectivity index (χ0v) is 19.1. The number of carbonyl (C=O) groups is 2. The Labute approximate surface area is 187 Å². The van der Waals surface area contributed by atoms with Gasteiger partial charge in [-0.25, -0.2) is 4.79 Å². The van der Waals surface area contributed by atoms with Crippen molar-refractivity contribution < 1.29 is 14.3 Å². The third-order valence-electron chi connectivity index (χ3n) is 5.40. The van der Waals surface area contributed by atoms with E-state index in [9.17, 15) is 9.59 Å². The van der Waals surface area contributed by atoms with Crippen molar-refractivity contribution in [1.29, 1.82) is 0 Å². The van der Waals surface area contributed by atoms with Gasteiger partial charge in [-0.3, -0.25) is 4.79 Å². The van der Waals surface area contributed by atoms with E-state index in [2.05, 4.69) is 13.8 Å². The Morgan fingerprint density at radius 1 is 0.806 bits per heavy atom. The Balaban J connectivity index is 2.25. The molecule has 1 atom stereocenters. The zero-order valence-electron chi connectivity index (χ0n) is 19.1. The summed E-state index contributed by atoms with van der Waals surface area (Å²) >= 11 is 0. The van der Waals surface area contributed by atoms with E-state index in [0.717, 1.165) is 43.2 Å². The van der Waals surface area contributed by atoms with Crippen molar-refractivity contribution in [2.24, 2.45) is 0 Å². The number of carbonyl (C=O) groups excluding carboxylic acids is 2. The van der Waals surface area contributed by atoms with Crippen LogP contribution in [0.25, 0.3) is 0 Å². The van der Waals surface area contributed by atoms with Crippen LogP contribution < -0.4 is 0 Å². The number of esters is 1. The summed E-state index contributed by atoms with van der Waals surface area (Å²) in [4.78, 5) is 28.2. The maximum atomic E-state index is 13.3. The predicted octanol–water partition coefficient (Wildman–Crippen LogP) is 6.46. The highest BCUT2D eigenvalue weighted by Gasteiger charge is 2.32. The standard InChI is InChI=1S/C27H37NO3/c1-3-5-7-8-15-20-25(29)28(22-23-16-11-9-12-17-23)26(24-18-13-10-14-19-24)27(30)31-21-6-4-2/h9-14,16-19,26H,3-8,15,20-22H2,1-2H3. The molecule has 1 unspecified atom stereocenters. The highest BCUT2D eigenvalue weighted by molar-refractivity contribution is 5.85. The second-order valence-electron chi connectivity index (χ2n) is 8.01. The summed E-state index contributed by atoms with van der Waals surface area (Å²) < 4.78 is 5.59. The summed E-state index contributed by atoms with van der Waals surface area (Å²) in [5.41, 5.74) is 1.79. The number of ether oxygens (including phenoxy) is 1. The number of hydrogen-bond acceptors (Lipinski definition) is 3. The number of hydrogen-bond donors (Lipinski definition) is 0. The van der Waals surface area contributed by atoms with Gasteiger partial charge in [0.1, 0.15) is 0 Å². The van der Waals surface area contributed by atoms with Gasteiger partial charge in [-0.1, -0.05) is 107 Å². The second kappa shape index (κ2) is 14.4. The maximum absolute atomic E-state index is 13.3. The van der Waals surface area contributed by atoms with Crippen LogP contribution in [0.15, 0.2) is 60.7 Å². The minimum atomic E-state index is -0.735. The van der Waals surface area contributed by atoms with E-state index in [-0.39, 0.29) is 11.9 Å². The molecule has 4 nitrogen and oxygen atoms in total. The lowest BCUT2D eigenvalue weighted by molar-refractivity contribution is -0.156. The molecule has 0 N–H and O–H groups in total. The van der Waals surface area contributed by atoms with E-state index in [0.29, 0.717) is 19.6 Å². The molecule has 0 aliphatic heterocycles. The fourth-order valence-corrected chi connectivity index (χ4v) is 3.60. The molecule has 0 radical (unpaired) electrons. The Hall–Kier alpha value is -2.62. The van der Waals surface area contributed by atoms with E-state index in [1.807, 2.05) is 60.7 Å². The molecule has 2 aromatic rings. The molecule has 168 valence electrons. The van der Waals surface area contributed by atoms with E-state index in [4.69, 9.17) is 4.74 Å². The Kier molecular flexibility index (Phi) is 11.4. The van der Waals surface area contributed by atoms with Crippen molar-refractivity contribution >= 4 is 11.9 Å². The summed E-state index contributed by atoms with van der Waals surface area (Å²) in [6.07, 6.45) is 7.61. The van der Waals surface area contributed by atoms with Gasteiger partial charge in [0.2, 0.25) is 5.91 Å².